The average molecular weight is 428 g/mol. The van der Waals surface area contributed by atoms with E-state index in [9.17, 15) is 14.7 Å². The molecule has 1 aromatic carbocycles. The number of aromatic hydroxyl groups is 1. The van der Waals surface area contributed by atoms with Crippen molar-refractivity contribution in [1.29, 1.82) is 0 Å². The molecule has 30 heavy (non-hydrogen) atoms. The zero-order valence-electron chi connectivity index (χ0n) is 17.2. The highest BCUT2D eigenvalue weighted by molar-refractivity contribution is 7.99. The maximum atomic E-state index is 13.2. The number of fused-ring (bicyclic) bond motifs is 1. The molecule has 0 saturated carbocycles. The molecule has 4 rings (SSSR count). The van der Waals surface area contributed by atoms with Gasteiger partial charge in [-0.1, -0.05) is 31.7 Å². The Morgan fingerprint density at radius 1 is 1.33 bits per heavy atom. The minimum atomic E-state index is -0.558. The van der Waals surface area contributed by atoms with Crippen LogP contribution in [0.5, 0.6) is 11.5 Å². The molecule has 3 N–H and O–H groups in total. The van der Waals surface area contributed by atoms with Crippen molar-refractivity contribution < 1.29 is 14.6 Å². The molecule has 0 unspecified atom stereocenters. The van der Waals surface area contributed by atoms with Crippen LogP contribution in [0.25, 0.3) is 0 Å². The molecule has 0 radical (unpaired) electrons. The topological polar surface area (TPSA) is 104 Å². The van der Waals surface area contributed by atoms with E-state index in [0.717, 1.165) is 25.0 Å². The number of rotatable bonds is 5. The van der Waals surface area contributed by atoms with Gasteiger partial charge in [0, 0.05) is 28.9 Å². The van der Waals surface area contributed by atoms with Crippen LogP contribution in [0.2, 0.25) is 0 Å². The molecule has 8 heteroatoms. The van der Waals surface area contributed by atoms with Gasteiger partial charge in [0.25, 0.3) is 5.56 Å². The Morgan fingerprint density at radius 3 is 2.87 bits per heavy atom. The number of carbonyl (C=O) groups is 1. The highest BCUT2D eigenvalue weighted by Crippen LogP contribution is 2.45. The molecule has 1 aromatic heterocycles. The summed E-state index contributed by atoms with van der Waals surface area (Å²) in [6.07, 6.45) is 2.91. The van der Waals surface area contributed by atoms with Gasteiger partial charge >= 0.3 is 0 Å². The first-order chi connectivity index (χ1) is 14.4. The summed E-state index contributed by atoms with van der Waals surface area (Å²) in [5, 5.41) is 14.2. The van der Waals surface area contributed by atoms with E-state index in [-0.39, 0.29) is 17.1 Å². The third kappa shape index (κ3) is 3.60. The highest BCUT2D eigenvalue weighted by atomic mass is 32.2. The van der Waals surface area contributed by atoms with Crippen LogP contribution >= 0.6 is 11.8 Å². The normalized spacial score (nSPS) is 19.0. The number of Topliss-reactive ketones (excluding diaryl/α,β-unsaturated/α-hetero) is 1. The van der Waals surface area contributed by atoms with E-state index in [1.54, 1.807) is 12.1 Å². The summed E-state index contributed by atoms with van der Waals surface area (Å²) in [5.41, 5.74) is 2.31. The SMILES string of the molecule is CC[C@@H](C)Sc1nc2c(c(=O)[nH]1)[C@H](c1ccc(O)c(OC)c1)C1=C(CCCC1=O)N2. The van der Waals surface area contributed by atoms with Crippen molar-refractivity contribution in [2.75, 3.05) is 12.4 Å². The fourth-order valence-electron chi connectivity index (χ4n) is 3.98. The monoisotopic (exact) mass is 427 g/mol. The van der Waals surface area contributed by atoms with E-state index < -0.39 is 5.92 Å². The molecule has 2 heterocycles. The van der Waals surface area contributed by atoms with Gasteiger partial charge in [-0.3, -0.25) is 9.59 Å². The molecule has 2 atom stereocenters. The smallest absolute Gasteiger partial charge is 0.257 e. The van der Waals surface area contributed by atoms with E-state index in [1.807, 2.05) is 0 Å². The number of methoxy groups -OCH3 is 1. The van der Waals surface area contributed by atoms with Crippen molar-refractivity contribution in [1.82, 2.24) is 9.97 Å². The van der Waals surface area contributed by atoms with Crippen LogP contribution in [-0.2, 0) is 4.79 Å². The number of phenolic OH excluding ortho intramolecular Hbond substituents is 1. The number of allylic oxidation sites excluding steroid dienone is 2. The first-order valence-electron chi connectivity index (χ1n) is 10.1. The molecule has 0 amide bonds. The zero-order valence-corrected chi connectivity index (χ0v) is 18.1. The molecular formula is C22H25N3O4S. The predicted molar refractivity (Wildman–Crippen MR) is 116 cm³/mol. The van der Waals surface area contributed by atoms with Gasteiger partial charge in [-0.05, 0) is 37.0 Å². The lowest BCUT2D eigenvalue weighted by atomic mass is 9.76. The van der Waals surface area contributed by atoms with Crippen LogP contribution in [0.15, 0.2) is 39.4 Å². The second-order valence-electron chi connectivity index (χ2n) is 7.63. The average Bonchev–Trinajstić information content (AvgIpc) is 2.72. The largest absolute Gasteiger partial charge is 0.504 e. The number of anilines is 1. The second kappa shape index (κ2) is 8.18. The number of phenols is 1. The predicted octanol–water partition coefficient (Wildman–Crippen LogP) is 3.94. The number of H-pyrrole nitrogens is 1. The summed E-state index contributed by atoms with van der Waals surface area (Å²) in [6.45, 7) is 4.18. The van der Waals surface area contributed by atoms with Crippen LogP contribution in [0.3, 0.4) is 0 Å². The van der Waals surface area contributed by atoms with E-state index in [0.29, 0.717) is 45.1 Å². The number of hydrogen-bond acceptors (Lipinski definition) is 7. The number of carbonyl (C=O) groups excluding carboxylic acids is 1. The lowest BCUT2D eigenvalue weighted by molar-refractivity contribution is -0.116. The number of ether oxygens (including phenoxy) is 1. The Kier molecular flexibility index (Phi) is 5.60. The Bertz CT molecular complexity index is 1090. The summed E-state index contributed by atoms with van der Waals surface area (Å²) in [4.78, 5) is 33.6. The minimum Gasteiger partial charge on any atom is -0.504 e. The van der Waals surface area contributed by atoms with Gasteiger partial charge in [0.2, 0.25) is 0 Å². The number of nitrogens with one attached hydrogen (secondary N) is 2. The summed E-state index contributed by atoms with van der Waals surface area (Å²) >= 11 is 1.52. The van der Waals surface area contributed by atoms with Crippen LogP contribution < -0.4 is 15.6 Å². The lowest BCUT2D eigenvalue weighted by Gasteiger charge is -2.33. The molecule has 0 spiro atoms. The number of thioether (sulfide) groups is 1. The van der Waals surface area contributed by atoms with Gasteiger partial charge < -0.3 is 20.1 Å². The lowest BCUT2D eigenvalue weighted by Crippen LogP contribution is -2.32. The molecule has 0 bridgehead atoms. The van der Waals surface area contributed by atoms with Gasteiger partial charge in [0.15, 0.2) is 22.4 Å². The first-order valence-corrected chi connectivity index (χ1v) is 11.0. The van der Waals surface area contributed by atoms with Crippen LogP contribution in [0.4, 0.5) is 5.82 Å². The fourth-order valence-corrected chi connectivity index (χ4v) is 4.82. The standard InChI is InChI=1S/C22H25N3O4S/c1-4-11(2)30-22-24-20-19(21(28)25-22)17(12-8-9-14(26)16(10-12)29-3)18-13(23-20)6-5-7-15(18)27/h8-11,17,26H,4-7H2,1-3H3,(H2,23,24,25,28)/t11-,17-/m1/s1. The summed E-state index contributed by atoms with van der Waals surface area (Å²) in [7, 11) is 1.47. The molecule has 0 saturated heterocycles. The number of aromatic amines is 1. The Labute approximate surface area is 179 Å². The third-order valence-corrected chi connectivity index (χ3v) is 6.81. The van der Waals surface area contributed by atoms with Crippen molar-refractivity contribution in [2.45, 2.75) is 55.9 Å². The highest BCUT2D eigenvalue weighted by Gasteiger charge is 2.38. The first kappa shape index (κ1) is 20.5. The number of ketones is 1. The molecule has 0 fully saturated rings. The fraction of sp³-hybridized carbons (Fsp3) is 0.409. The Balaban J connectivity index is 1.90. The maximum Gasteiger partial charge on any atom is 0.257 e. The third-order valence-electron chi connectivity index (χ3n) is 5.66. The number of aromatic nitrogens is 2. The molecular weight excluding hydrogens is 402 g/mol. The summed E-state index contributed by atoms with van der Waals surface area (Å²) in [5.74, 6) is 0.273. The number of nitrogens with zero attached hydrogens (tertiary/aromatic N) is 1. The molecule has 2 aromatic rings. The number of benzene rings is 1. The molecule has 1 aliphatic heterocycles. The quantitative estimate of drug-likeness (QED) is 0.490. The zero-order chi connectivity index (χ0) is 21.4. The van der Waals surface area contributed by atoms with Gasteiger partial charge in [-0.25, -0.2) is 4.98 Å². The molecule has 7 nitrogen and oxygen atoms in total. The van der Waals surface area contributed by atoms with Crippen LogP contribution in [0.1, 0.15) is 56.6 Å². The molecule has 158 valence electrons. The van der Waals surface area contributed by atoms with Crippen molar-refractivity contribution >= 4 is 23.4 Å². The van der Waals surface area contributed by atoms with E-state index >= 15 is 0 Å². The van der Waals surface area contributed by atoms with Gasteiger partial charge in [-0.2, -0.15) is 0 Å². The van der Waals surface area contributed by atoms with Gasteiger partial charge in [0.1, 0.15) is 5.82 Å². The maximum absolute atomic E-state index is 13.2. The van der Waals surface area contributed by atoms with Gasteiger partial charge in [-0.15, -0.1) is 0 Å². The van der Waals surface area contributed by atoms with Crippen molar-refractivity contribution in [3.63, 3.8) is 0 Å². The van der Waals surface area contributed by atoms with Crippen molar-refractivity contribution in [2.24, 2.45) is 0 Å². The van der Waals surface area contributed by atoms with E-state index in [4.69, 9.17) is 4.74 Å². The Hall–Kier alpha value is -2.74. The number of hydrogen-bond donors (Lipinski definition) is 3. The summed E-state index contributed by atoms with van der Waals surface area (Å²) < 4.78 is 5.26. The van der Waals surface area contributed by atoms with Crippen LogP contribution in [-0.4, -0.2) is 33.2 Å². The van der Waals surface area contributed by atoms with Crippen molar-refractivity contribution in [3.05, 3.63) is 50.9 Å². The van der Waals surface area contributed by atoms with Crippen LogP contribution in [0, 0.1) is 0 Å². The minimum absolute atomic E-state index is 0.00640. The van der Waals surface area contributed by atoms with Gasteiger partial charge in [0.05, 0.1) is 12.7 Å². The second-order valence-corrected chi connectivity index (χ2v) is 9.06. The summed E-state index contributed by atoms with van der Waals surface area (Å²) in [6, 6.07) is 4.94. The molecule has 2 aliphatic rings. The van der Waals surface area contributed by atoms with E-state index in [1.165, 1.54) is 24.9 Å². The van der Waals surface area contributed by atoms with Crippen molar-refractivity contribution in [3.8, 4) is 11.5 Å². The molecule has 1 aliphatic carbocycles. The van der Waals surface area contributed by atoms with E-state index in [2.05, 4.69) is 29.1 Å². The Morgan fingerprint density at radius 2 is 2.13 bits per heavy atom.